The molecule has 126 valence electrons. The van der Waals surface area contributed by atoms with Crippen LogP contribution in [0.15, 0.2) is 16.8 Å². The first kappa shape index (κ1) is 15.1. The summed E-state index contributed by atoms with van der Waals surface area (Å²) in [5.74, 6) is 1.01. The Balaban J connectivity index is 1.82. The molecule has 4 heterocycles. The quantitative estimate of drug-likeness (QED) is 0.786. The molecule has 0 atom stereocenters. The van der Waals surface area contributed by atoms with E-state index < -0.39 is 0 Å². The molecule has 1 fully saturated rings. The average molecular weight is 328 g/mol. The molecule has 3 aromatic heterocycles. The Labute approximate surface area is 139 Å². The van der Waals surface area contributed by atoms with Crippen molar-refractivity contribution >= 4 is 16.7 Å². The van der Waals surface area contributed by atoms with Crippen molar-refractivity contribution in [3.63, 3.8) is 0 Å². The van der Waals surface area contributed by atoms with Gasteiger partial charge in [-0.25, -0.2) is 9.67 Å². The predicted molar refractivity (Wildman–Crippen MR) is 88.7 cm³/mol. The van der Waals surface area contributed by atoms with Gasteiger partial charge in [0.05, 0.1) is 22.8 Å². The van der Waals surface area contributed by atoms with Crippen LogP contribution < -0.4 is 5.32 Å². The van der Waals surface area contributed by atoms with Gasteiger partial charge in [0.15, 0.2) is 5.65 Å². The molecule has 0 unspecified atom stereocenters. The molecule has 8 nitrogen and oxygen atoms in total. The van der Waals surface area contributed by atoms with E-state index in [1.807, 2.05) is 10.9 Å². The zero-order chi connectivity index (χ0) is 16.5. The third-order valence-corrected chi connectivity index (χ3v) is 4.29. The Morgan fingerprint density at radius 3 is 2.79 bits per heavy atom. The van der Waals surface area contributed by atoms with Crippen LogP contribution in [-0.2, 0) is 11.3 Å². The summed E-state index contributed by atoms with van der Waals surface area (Å²) in [4.78, 5) is 4.56. The number of anilines is 1. The molecule has 0 spiro atoms. The first-order valence-corrected chi connectivity index (χ1v) is 8.25. The van der Waals surface area contributed by atoms with Crippen LogP contribution in [0.1, 0.15) is 25.7 Å². The van der Waals surface area contributed by atoms with E-state index in [4.69, 9.17) is 9.15 Å². The molecule has 1 aliphatic rings. The third kappa shape index (κ3) is 2.62. The number of aromatic nitrogens is 5. The van der Waals surface area contributed by atoms with Crippen molar-refractivity contribution < 1.29 is 9.15 Å². The molecule has 0 saturated carbocycles. The number of ether oxygens (including phenoxy) is 1. The van der Waals surface area contributed by atoms with Gasteiger partial charge in [-0.05, 0) is 19.8 Å². The average Bonchev–Trinajstić information content (AvgIpc) is 3.22. The molecule has 4 rings (SSSR count). The molecule has 0 amide bonds. The van der Waals surface area contributed by atoms with Crippen LogP contribution in [0, 0.1) is 6.92 Å². The normalized spacial score (nSPS) is 15.9. The van der Waals surface area contributed by atoms with Crippen molar-refractivity contribution in [3.05, 3.63) is 18.3 Å². The summed E-state index contributed by atoms with van der Waals surface area (Å²) in [6.07, 6.45) is 5.56. The first-order chi connectivity index (χ1) is 11.8. The van der Waals surface area contributed by atoms with Crippen molar-refractivity contribution in [3.8, 4) is 11.5 Å². The van der Waals surface area contributed by atoms with Crippen LogP contribution in [0.2, 0.25) is 0 Å². The lowest BCUT2D eigenvalue weighted by Crippen LogP contribution is -2.28. The minimum Gasteiger partial charge on any atom is -0.421 e. The van der Waals surface area contributed by atoms with Gasteiger partial charge in [-0.1, -0.05) is 0 Å². The van der Waals surface area contributed by atoms with E-state index in [2.05, 4.69) is 32.5 Å². The summed E-state index contributed by atoms with van der Waals surface area (Å²) in [6.45, 7) is 6.15. The number of nitrogens with one attached hydrogen (secondary N) is 1. The van der Waals surface area contributed by atoms with Crippen LogP contribution in [0.25, 0.3) is 22.5 Å². The summed E-state index contributed by atoms with van der Waals surface area (Å²) in [7, 11) is 0. The van der Waals surface area contributed by atoms with Crippen molar-refractivity contribution in [1.82, 2.24) is 25.0 Å². The highest BCUT2D eigenvalue weighted by molar-refractivity contribution is 5.96. The smallest absolute Gasteiger partial charge is 0.251 e. The van der Waals surface area contributed by atoms with E-state index in [1.54, 1.807) is 13.1 Å². The van der Waals surface area contributed by atoms with E-state index in [0.717, 1.165) is 54.9 Å². The molecule has 1 N–H and O–H groups in total. The molecule has 0 bridgehead atoms. The van der Waals surface area contributed by atoms with E-state index in [-0.39, 0.29) is 0 Å². The number of rotatable bonds is 4. The monoisotopic (exact) mass is 328 g/mol. The molecular formula is C16H20N6O2. The Bertz CT molecular complexity index is 849. The molecule has 3 aromatic rings. The minimum absolute atomic E-state index is 0.345. The van der Waals surface area contributed by atoms with Gasteiger partial charge < -0.3 is 14.5 Å². The highest BCUT2D eigenvalue weighted by atomic mass is 16.5. The standard InChI is InChI=1S/C16H20N6O2/c1-3-22-15-12(9-18-22)14(19-11-4-6-23-7-5-11)13(8-17-15)16-21-20-10(2)24-16/h8-9,11H,3-7H2,1-2H3,(H,17,19). The minimum atomic E-state index is 0.345. The lowest BCUT2D eigenvalue weighted by atomic mass is 10.1. The maximum atomic E-state index is 5.63. The number of hydrogen-bond acceptors (Lipinski definition) is 7. The van der Waals surface area contributed by atoms with Gasteiger partial charge in [0.25, 0.3) is 5.89 Å². The second-order valence-electron chi connectivity index (χ2n) is 5.90. The van der Waals surface area contributed by atoms with Crippen molar-refractivity contribution in [2.75, 3.05) is 18.5 Å². The van der Waals surface area contributed by atoms with Gasteiger partial charge in [-0.2, -0.15) is 5.10 Å². The van der Waals surface area contributed by atoms with Crippen LogP contribution in [0.5, 0.6) is 0 Å². The van der Waals surface area contributed by atoms with Crippen LogP contribution in [-0.4, -0.2) is 44.2 Å². The third-order valence-electron chi connectivity index (χ3n) is 4.29. The van der Waals surface area contributed by atoms with Crippen molar-refractivity contribution in [2.24, 2.45) is 0 Å². The highest BCUT2D eigenvalue weighted by Crippen LogP contribution is 2.34. The fraction of sp³-hybridized carbons (Fsp3) is 0.500. The number of pyridine rings is 1. The van der Waals surface area contributed by atoms with Gasteiger partial charge in [0.1, 0.15) is 0 Å². The van der Waals surface area contributed by atoms with Gasteiger partial charge in [0, 0.05) is 38.9 Å². The van der Waals surface area contributed by atoms with Crippen molar-refractivity contribution in [1.29, 1.82) is 0 Å². The summed E-state index contributed by atoms with van der Waals surface area (Å²) >= 11 is 0. The van der Waals surface area contributed by atoms with E-state index >= 15 is 0 Å². The summed E-state index contributed by atoms with van der Waals surface area (Å²) in [5.41, 5.74) is 2.62. The number of aryl methyl sites for hydroxylation is 2. The molecular weight excluding hydrogens is 308 g/mol. The topological polar surface area (TPSA) is 90.9 Å². The molecule has 0 radical (unpaired) electrons. The molecule has 1 saturated heterocycles. The molecule has 0 aliphatic carbocycles. The van der Waals surface area contributed by atoms with Gasteiger partial charge >= 0.3 is 0 Å². The summed E-state index contributed by atoms with van der Waals surface area (Å²) < 4.78 is 13.0. The van der Waals surface area contributed by atoms with E-state index in [9.17, 15) is 0 Å². The zero-order valence-corrected chi connectivity index (χ0v) is 13.8. The number of fused-ring (bicyclic) bond motifs is 1. The summed E-state index contributed by atoms with van der Waals surface area (Å²) in [6, 6.07) is 0.345. The fourth-order valence-corrected chi connectivity index (χ4v) is 3.03. The lowest BCUT2D eigenvalue weighted by molar-refractivity contribution is 0.0905. The van der Waals surface area contributed by atoms with Crippen LogP contribution in [0.3, 0.4) is 0 Å². The van der Waals surface area contributed by atoms with Gasteiger partial charge in [-0.3, -0.25) is 0 Å². The number of hydrogen-bond donors (Lipinski definition) is 1. The molecule has 24 heavy (non-hydrogen) atoms. The first-order valence-electron chi connectivity index (χ1n) is 8.25. The molecule has 0 aromatic carbocycles. The van der Waals surface area contributed by atoms with Crippen LogP contribution >= 0.6 is 0 Å². The number of nitrogens with zero attached hydrogens (tertiary/aromatic N) is 5. The Morgan fingerprint density at radius 2 is 2.08 bits per heavy atom. The van der Waals surface area contributed by atoms with Crippen LogP contribution in [0.4, 0.5) is 5.69 Å². The SMILES string of the molecule is CCn1ncc2c(NC3CCOCC3)c(-c3nnc(C)o3)cnc21. The van der Waals surface area contributed by atoms with Crippen molar-refractivity contribution in [2.45, 2.75) is 39.3 Å². The van der Waals surface area contributed by atoms with E-state index in [1.165, 1.54) is 0 Å². The fourth-order valence-electron chi connectivity index (χ4n) is 3.03. The Hall–Kier alpha value is -2.48. The lowest BCUT2D eigenvalue weighted by Gasteiger charge is -2.25. The zero-order valence-electron chi connectivity index (χ0n) is 13.8. The molecule has 1 aliphatic heterocycles. The van der Waals surface area contributed by atoms with E-state index in [0.29, 0.717) is 17.8 Å². The van der Waals surface area contributed by atoms with Gasteiger partial charge in [-0.15, -0.1) is 10.2 Å². The second-order valence-corrected chi connectivity index (χ2v) is 5.90. The van der Waals surface area contributed by atoms with Gasteiger partial charge in [0.2, 0.25) is 5.89 Å². The maximum absolute atomic E-state index is 5.63. The second kappa shape index (κ2) is 6.20. The Morgan fingerprint density at radius 1 is 1.25 bits per heavy atom. The predicted octanol–water partition coefficient (Wildman–Crippen LogP) is 2.40. The maximum Gasteiger partial charge on any atom is 0.251 e. The molecule has 8 heteroatoms. The highest BCUT2D eigenvalue weighted by Gasteiger charge is 2.21. The Kier molecular flexibility index (Phi) is 3.89. The largest absolute Gasteiger partial charge is 0.421 e. The summed E-state index contributed by atoms with van der Waals surface area (Å²) in [5, 5.41) is 17.1.